The van der Waals surface area contributed by atoms with Crippen molar-refractivity contribution < 1.29 is 9.72 Å². The number of non-ortho nitro benzene ring substituents is 1. The van der Waals surface area contributed by atoms with Crippen LogP contribution in [0.5, 0.6) is 0 Å². The van der Waals surface area contributed by atoms with Gasteiger partial charge in [-0.15, -0.1) is 0 Å². The van der Waals surface area contributed by atoms with E-state index in [2.05, 4.69) is 10.6 Å². The quantitative estimate of drug-likeness (QED) is 0.387. The summed E-state index contributed by atoms with van der Waals surface area (Å²) in [6.07, 6.45) is 1.71. The van der Waals surface area contributed by atoms with Crippen molar-refractivity contribution in [3.05, 3.63) is 63.1 Å². The standard InChI is InChI=1S/C16H14N4O3S/c1-9-6-11(7-14-15(21)18-16(24)17-14)10(2)19(9)12-4-3-5-13(8-12)20(22)23/h3-8H,1-2H3,(H2,17,18,21,24)/b14-7-. The minimum absolute atomic E-state index is 0.0297. The molecule has 0 saturated carbocycles. The van der Waals surface area contributed by atoms with Crippen LogP contribution in [0, 0.1) is 24.0 Å². The van der Waals surface area contributed by atoms with Gasteiger partial charge in [-0.05, 0) is 49.8 Å². The van der Waals surface area contributed by atoms with Gasteiger partial charge in [-0.1, -0.05) is 6.07 Å². The monoisotopic (exact) mass is 342 g/mol. The van der Waals surface area contributed by atoms with Crippen molar-refractivity contribution in [2.24, 2.45) is 0 Å². The van der Waals surface area contributed by atoms with E-state index in [0.717, 1.165) is 17.0 Å². The van der Waals surface area contributed by atoms with Crippen LogP contribution in [0.25, 0.3) is 11.8 Å². The first-order valence-corrected chi connectivity index (χ1v) is 7.55. The van der Waals surface area contributed by atoms with E-state index in [1.807, 2.05) is 24.5 Å². The Morgan fingerprint density at radius 1 is 1.25 bits per heavy atom. The van der Waals surface area contributed by atoms with Crippen LogP contribution in [0.3, 0.4) is 0 Å². The van der Waals surface area contributed by atoms with E-state index in [1.54, 1.807) is 18.2 Å². The van der Waals surface area contributed by atoms with Crippen LogP contribution in [0.4, 0.5) is 5.69 Å². The van der Waals surface area contributed by atoms with Crippen LogP contribution in [0.15, 0.2) is 36.0 Å². The summed E-state index contributed by atoms with van der Waals surface area (Å²) in [5.74, 6) is -0.278. The second-order valence-electron chi connectivity index (χ2n) is 5.41. The van der Waals surface area contributed by atoms with Crippen LogP contribution >= 0.6 is 12.2 Å². The molecule has 0 aliphatic carbocycles. The summed E-state index contributed by atoms with van der Waals surface area (Å²) in [4.78, 5) is 22.3. The number of carbonyl (C=O) groups excluding carboxylic acids is 1. The molecular formula is C16H14N4O3S. The number of nitro benzene ring substituents is 1. The molecule has 8 heteroatoms. The molecule has 0 bridgehead atoms. The van der Waals surface area contributed by atoms with Gasteiger partial charge >= 0.3 is 0 Å². The van der Waals surface area contributed by atoms with E-state index < -0.39 is 4.92 Å². The second-order valence-corrected chi connectivity index (χ2v) is 5.81. The van der Waals surface area contributed by atoms with Crippen LogP contribution in [0.2, 0.25) is 0 Å². The molecule has 2 heterocycles. The predicted octanol–water partition coefficient (Wildman–Crippen LogP) is 2.35. The number of nitrogens with one attached hydrogen (secondary N) is 2. The van der Waals surface area contributed by atoms with E-state index in [-0.39, 0.29) is 16.7 Å². The highest BCUT2D eigenvalue weighted by Gasteiger charge is 2.21. The van der Waals surface area contributed by atoms with Gasteiger partial charge in [0.2, 0.25) is 0 Å². The van der Waals surface area contributed by atoms with Crippen molar-refractivity contribution >= 4 is 35.0 Å². The van der Waals surface area contributed by atoms with Gasteiger partial charge in [0.25, 0.3) is 11.6 Å². The molecule has 3 rings (SSSR count). The zero-order valence-corrected chi connectivity index (χ0v) is 13.8. The number of thiocarbonyl (C=S) groups is 1. The number of aromatic nitrogens is 1. The Kier molecular flexibility index (Phi) is 3.90. The molecule has 0 spiro atoms. The minimum atomic E-state index is -0.422. The average molecular weight is 342 g/mol. The summed E-state index contributed by atoms with van der Waals surface area (Å²) in [6, 6.07) is 8.34. The largest absolute Gasteiger partial charge is 0.328 e. The van der Waals surface area contributed by atoms with Gasteiger partial charge in [0.05, 0.1) is 10.6 Å². The second kappa shape index (κ2) is 5.89. The summed E-state index contributed by atoms with van der Waals surface area (Å²) < 4.78 is 1.91. The number of hydrogen-bond donors (Lipinski definition) is 2. The number of nitrogens with zero attached hydrogens (tertiary/aromatic N) is 2. The molecule has 1 aromatic heterocycles. The summed E-state index contributed by atoms with van der Waals surface area (Å²) in [5.41, 5.74) is 3.71. The number of benzene rings is 1. The molecule has 0 atom stereocenters. The van der Waals surface area contributed by atoms with Crippen molar-refractivity contribution in [1.29, 1.82) is 0 Å². The Morgan fingerprint density at radius 2 is 2.00 bits per heavy atom. The molecule has 1 aromatic carbocycles. The number of rotatable bonds is 3. The van der Waals surface area contributed by atoms with Crippen molar-refractivity contribution in [2.75, 3.05) is 0 Å². The molecule has 0 radical (unpaired) electrons. The third-order valence-corrected chi connectivity index (χ3v) is 3.99. The fourth-order valence-corrected chi connectivity index (χ4v) is 2.92. The molecule has 1 saturated heterocycles. The first-order valence-electron chi connectivity index (χ1n) is 7.14. The Morgan fingerprint density at radius 3 is 2.62 bits per heavy atom. The van der Waals surface area contributed by atoms with Gasteiger partial charge < -0.3 is 9.88 Å². The number of aryl methyl sites for hydroxylation is 1. The molecule has 0 unspecified atom stereocenters. The first-order chi connectivity index (χ1) is 11.4. The van der Waals surface area contributed by atoms with E-state index >= 15 is 0 Å². The molecule has 1 aliphatic rings. The highest BCUT2D eigenvalue weighted by atomic mass is 32.1. The van der Waals surface area contributed by atoms with Gasteiger partial charge in [0, 0.05) is 23.5 Å². The Bertz CT molecular complexity index is 914. The first kappa shape index (κ1) is 15.9. The van der Waals surface area contributed by atoms with E-state index in [9.17, 15) is 14.9 Å². The van der Waals surface area contributed by atoms with Crippen molar-refractivity contribution in [3.8, 4) is 5.69 Å². The lowest BCUT2D eigenvalue weighted by Crippen LogP contribution is -2.21. The highest BCUT2D eigenvalue weighted by molar-refractivity contribution is 7.80. The third kappa shape index (κ3) is 2.79. The lowest BCUT2D eigenvalue weighted by molar-refractivity contribution is -0.384. The molecule has 2 N–H and O–H groups in total. The Balaban J connectivity index is 2.06. The van der Waals surface area contributed by atoms with Gasteiger partial charge in [0.15, 0.2) is 5.11 Å². The summed E-state index contributed by atoms with van der Waals surface area (Å²) >= 11 is 4.92. The topological polar surface area (TPSA) is 89.2 Å². The number of amides is 1. The van der Waals surface area contributed by atoms with Gasteiger partial charge in [-0.3, -0.25) is 20.2 Å². The van der Waals surface area contributed by atoms with Crippen LogP contribution in [0.1, 0.15) is 17.0 Å². The molecule has 1 amide bonds. The van der Waals surface area contributed by atoms with E-state index in [0.29, 0.717) is 11.4 Å². The maximum Gasteiger partial charge on any atom is 0.273 e. The summed E-state index contributed by atoms with van der Waals surface area (Å²) in [5, 5.41) is 16.6. The Labute approximate surface area is 143 Å². The average Bonchev–Trinajstić information content (AvgIpc) is 2.98. The number of carbonyl (C=O) groups is 1. The SMILES string of the molecule is Cc1cc(/C=C2\NC(=S)NC2=O)c(C)n1-c1cccc([N+](=O)[O-])c1. The summed E-state index contributed by atoms with van der Waals surface area (Å²) in [7, 11) is 0. The maximum atomic E-state index is 11.8. The maximum absolute atomic E-state index is 11.8. The normalized spacial score (nSPS) is 15.5. The van der Waals surface area contributed by atoms with Crippen molar-refractivity contribution in [1.82, 2.24) is 15.2 Å². The molecule has 1 aliphatic heterocycles. The molecule has 7 nitrogen and oxygen atoms in total. The fraction of sp³-hybridized carbons (Fsp3) is 0.125. The minimum Gasteiger partial charge on any atom is -0.328 e. The van der Waals surface area contributed by atoms with Crippen molar-refractivity contribution in [3.63, 3.8) is 0 Å². The van der Waals surface area contributed by atoms with Gasteiger partial charge in [-0.2, -0.15) is 0 Å². The lowest BCUT2D eigenvalue weighted by atomic mass is 10.2. The molecule has 24 heavy (non-hydrogen) atoms. The number of hydrogen-bond acceptors (Lipinski definition) is 4. The van der Waals surface area contributed by atoms with Gasteiger partial charge in [-0.25, -0.2) is 0 Å². The van der Waals surface area contributed by atoms with Crippen LogP contribution in [-0.4, -0.2) is 20.5 Å². The molecule has 1 fully saturated rings. The highest BCUT2D eigenvalue weighted by Crippen LogP contribution is 2.25. The van der Waals surface area contributed by atoms with E-state index in [4.69, 9.17) is 12.2 Å². The fourth-order valence-electron chi connectivity index (χ4n) is 2.71. The molecular weight excluding hydrogens is 328 g/mol. The van der Waals surface area contributed by atoms with Crippen LogP contribution < -0.4 is 10.6 Å². The third-order valence-electron chi connectivity index (χ3n) is 3.79. The van der Waals surface area contributed by atoms with Gasteiger partial charge in [0.1, 0.15) is 5.70 Å². The molecule has 122 valence electrons. The van der Waals surface area contributed by atoms with Crippen molar-refractivity contribution in [2.45, 2.75) is 13.8 Å². The lowest BCUT2D eigenvalue weighted by Gasteiger charge is -2.09. The molecule has 2 aromatic rings. The van der Waals surface area contributed by atoms with Crippen LogP contribution in [-0.2, 0) is 4.79 Å². The smallest absolute Gasteiger partial charge is 0.273 e. The van der Waals surface area contributed by atoms with E-state index in [1.165, 1.54) is 12.1 Å². The predicted molar refractivity (Wildman–Crippen MR) is 93.8 cm³/mol. The zero-order valence-electron chi connectivity index (χ0n) is 13.0. The summed E-state index contributed by atoms with van der Waals surface area (Å²) in [6.45, 7) is 3.80. The number of nitro groups is 1. The zero-order chi connectivity index (χ0) is 17.4. The Hall–Kier alpha value is -3.00.